The van der Waals surface area contributed by atoms with Crippen molar-refractivity contribution in [3.63, 3.8) is 0 Å². The second-order valence-electron chi connectivity index (χ2n) is 3.71. The van der Waals surface area contributed by atoms with Crippen molar-refractivity contribution in [3.05, 3.63) is 47.2 Å². The summed E-state index contributed by atoms with van der Waals surface area (Å²) in [7, 11) is 0. The molecular weight excluding hydrogens is 280 g/mol. The van der Waals surface area contributed by atoms with Crippen LogP contribution in [0.5, 0.6) is 0 Å². The second-order valence-corrected chi connectivity index (χ2v) is 4.63. The molecule has 17 heavy (non-hydrogen) atoms. The van der Waals surface area contributed by atoms with Crippen molar-refractivity contribution in [2.24, 2.45) is 0 Å². The Morgan fingerprint density at radius 3 is 2.65 bits per heavy atom. The third kappa shape index (κ3) is 1.78. The fourth-order valence-electron chi connectivity index (χ4n) is 1.71. The van der Waals surface area contributed by atoms with Gasteiger partial charge in [0.25, 0.3) is 0 Å². The molecule has 0 fully saturated rings. The molecule has 2 aromatic heterocycles. The molecule has 1 aromatic carbocycles. The standard InChI is InChI=1S/C12H9BrN4/c13-9-1-3-11(4-2-9)17-12-8(6-16-17)5-10(14)7-15-12/h1-7H,14H2. The van der Waals surface area contributed by atoms with Gasteiger partial charge in [0.15, 0.2) is 5.65 Å². The minimum absolute atomic E-state index is 0.646. The van der Waals surface area contributed by atoms with Gasteiger partial charge in [-0.05, 0) is 30.3 Å². The lowest BCUT2D eigenvalue weighted by Crippen LogP contribution is -1.97. The zero-order chi connectivity index (χ0) is 11.8. The van der Waals surface area contributed by atoms with Crippen molar-refractivity contribution in [1.29, 1.82) is 0 Å². The number of nitrogens with two attached hydrogens (primary N) is 1. The number of hydrogen-bond acceptors (Lipinski definition) is 3. The summed E-state index contributed by atoms with van der Waals surface area (Å²) in [5.41, 5.74) is 8.11. The van der Waals surface area contributed by atoms with E-state index in [1.165, 1.54) is 0 Å². The van der Waals surface area contributed by atoms with Crippen molar-refractivity contribution >= 4 is 32.7 Å². The molecule has 0 atom stereocenters. The lowest BCUT2D eigenvalue weighted by atomic mass is 10.3. The summed E-state index contributed by atoms with van der Waals surface area (Å²) >= 11 is 3.41. The number of halogens is 1. The Morgan fingerprint density at radius 2 is 1.88 bits per heavy atom. The molecule has 0 aliphatic rings. The van der Waals surface area contributed by atoms with Crippen LogP contribution in [-0.2, 0) is 0 Å². The van der Waals surface area contributed by atoms with E-state index >= 15 is 0 Å². The molecule has 2 heterocycles. The van der Waals surface area contributed by atoms with Gasteiger partial charge in [-0.15, -0.1) is 0 Å². The SMILES string of the molecule is Nc1cnc2c(cnn2-c2ccc(Br)cc2)c1. The Labute approximate surface area is 106 Å². The summed E-state index contributed by atoms with van der Waals surface area (Å²) in [5.74, 6) is 0. The maximum atomic E-state index is 5.69. The average Bonchev–Trinajstić information content (AvgIpc) is 2.73. The normalized spacial score (nSPS) is 10.9. The van der Waals surface area contributed by atoms with Crippen LogP contribution in [0.25, 0.3) is 16.7 Å². The van der Waals surface area contributed by atoms with Gasteiger partial charge in [-0.1, -0.05) is 15.9 Å². The van der Waals surface area contributed by atoms with Crippen LogP contribution >= 0.6 is 15.9 Å². The Hall–Kier alpha value is -1.88. The maximum Gasteiger partial charge on any atom is 0.163 e. The van der Waals surface area contributed by atoms with Gasteiger partial charge >= 0.3 is 0 Å². The number of pyridine rings is 1. The van der Waals surface area contributed by atoms with Gasteiger partial charge in [-0.3, -0.25) is 0 Å². The predicted molar refractivity (Wildman–Crippen MR) is 71.0 cm³/mol. The average molecular weight is 289 g/mol. The molecular formula is C12H9BrN4. The third-order valence-electron chi connectivity index (χ3n) is 2.50. The van der Waals surface area contributed by atoms with Crippen LogP contribution < -0.4 is 5.73 Å². The van der Waals surface area contributed by atoms with Gasteiger partial charge in [0.1, 0.15) is 0 Å². The van der Waals surface area contributed by atoms with Gasteiger partial charge in [0.2, 0.25) is 0 Å². The first-order chi connectivity index (χ1) is 8.24. The second kappa shape index (κ2) is 3.85. The van der Waals surface area contributed by atoms with Crippen molar-refractivity contribution in [2.45, 2.75) is 0 Å². The summed E-state index contributed by atoms with van der Waals surface area (Å²) < 4.78 is 2.83. The number of nitrogens with zero attached hydrogens (tertiary/aromatic N) is 3. The molecule has 0 spiro atoms. The molecule has 0 amide bonds. The van der Waals surface area contributed by atoms with Crippen molar-refractivity contribution in [2.75, 3.05) is 5.73 Å². The zero-order valence-corrected chi connectivity index (χ0v) is 10.4. The van der Waals surface area contributed by atoms with Crippen LogP contribution in [0, 0.1) is 0 Å². The number of rotatable bonds is 1. The van der Waals surface area contributed by atoms with Gasteiger partial charge < -0.3 is 5.73 Å². The number of aromatic nitrogens is 3. The fraction of sp³-hybridized carbons (Fsp3) is 0. The number of nitrogen functional groups attached to an aromatic ring is 1. The van der Waals surface area contributed by atoms with Crippen LogP contribution in [0.4, 0.5) is 5.69 Å². The number of hydrogen-bond donors (Lipinski definition) is 1. The third-order valence-corrected chi connectivity index (χ3v) is 3.03. The summed E-state index contributed by atoms with van der Waals surface area (Å²) in [5, 5.41) is 5.26. The summed E-state index contributed by atoms with van der Waals surface area (Å²) in [6.07, 6.45) is 3.40. The topological polar surface area (TPSA) is 56.7 Å². The maximum absolute atomic E-state index is 5.69. The Morgan fingerprint density at radius 1 is 1.12 bits per heavy atom. The van der Waals surface area contributed by atoms with E-state index < -0.39 is 0 Å². The van der Waals surface area contributed by atoms with E-state index in [9.17, 15) is 0 Å². The van der Waals surface area contributed by atoms with E-state index in [1.807, 2.05) is 30.3 Å². The van der Waals surface area contributed by atoms with Gasteiger partial charge in [-0.2, -0.15) is 5.10 Å². The summed E-state index contributed by atoms with van der Waals surface area (Å²) in [6, 6.07) is 9.77. The monoisotopic (exact) mass is 288 g/mol. The molecule has 4 nitrogen and oxygen atoms in total. The molecule has 84 valence electrons. The molecule has 0 saturated heterocycles. The molecule has 0 bridgehead atoms. The molecule has 0 aliphatic carbocycles. The highest BCUT2D eigenvalue weighted by molar-refractivity contribution is 9.10. The number of anilines is 1. The Balaban J connectivity index is 2.21. The summed E-state index contributed by atoms with van der Waals surface area (Å²) in [4.78, 5) is 4.30. The molecule has 3 rings (SSSR count). The van der Waals surface area contributed by atoms with E-state index in [0.29, 0.717) is 5.69 Å². The van der Waals surface area contributed by atoms with E-state index in [0.717, 1.165) is 21.2 Å². The molecule has 0 unspecified atom stereocenters. The molecule has 0 saturated carbocycles. The van der Waals surface area contributed by atoms with E-state index in [1.54, 1.807) is 17.1 Å². The van der Waals surface area contributed by atoms with Crippen LogP contribution in [0.15, 0.2) is 47.2 Å². The van der Waals surface area contributed by atoms with Gasteiger partial charge in [0, 0.05) is 9.86 Å². The minimum Gasteiger partial charge on any atom is -0.397 e. The largest absolute Gasteiger partial charge is 0.397 e. The Kier molecular flexibility index (Phi) is 2.33. The smallest absolute Gasteiger partial charge is 0.163 e. The van der Waals surface area contributed by atoms with E-state index in [4.69, 9.17) is 5.73 Å². The molecule has 0 aliphatic heterocycles. The van der Waals surface area contributed by atoms with Crippen LogP contribution in [0.1, 0.15) is 0 Å². The minimum atomic E-state index is 0.646. The quantitative estimate of drug-likeness (QED) is 0.749. The molecule has 5 heteroatoms. The van der Waals surface area contributed by atoms with Crippen molar-refractivity contribution in [3.8, 4) is 5.69 Å². The number of benzene rings is 1. The fourth-order valence-corrected chi connectivity index (χ4v) is 1.97. The highest BCUT2D eigenvalue weighted by atomic mass is 79.9. The first-order valence-corrected chi connectivity index (χ1v) is 5.88. The first-order valence-electron chi connectivity index (χ1n) is 5.09. The van der Waals surface area contributed by atoms with Crippen LogP contribution in [0.2, 0.25) is 0 Å². The molecule has 3 aromatic rings. The molecule has 2 N–H and O–H groups in total. The lowest BCUT2D eigenvalue weighted by Gasteiger charge is -2.02. The summed E-state index contributed by atoms with van der Waals surface area (Å²) in [6.45, 7) is 0. The van der Waals surface area contributed by atoms with Crippen LogP contribution in [-0.4, -0.2) is 14.8 Å². The van der Waals surface area contributed by atoms with Gasteiger partial charge in [0.05, 0.1) is 23.8 Å². The van der Waals surface area contributed by atoms with E-state index in [-0.39, 0.29) is 0 Å². The van der Waals surface area contributed by atoms with Crippen molar-refractivity contribution in [1.82, 2.24) is 14.8 Å². The van der Waals surface area contributed by atoms with Gasteiger partial charge in [-0.25, -0.2) is 9.67 Å². The van der Waals surface area contributed by atoms with E-state index in [2.05, 4.69) is 26.0 Å². The highest BCUT2D eigenvalue weighted by Gasteiger charge is 2.05. The predicted octanol–water partition coefficient (Wildman–Crippen LogP) is 2.77. The highest BCUT2D eigenvalue weighted by Crippen LogP contribution is 2.19. The van der Waals surface area contributed by atoms with Crippen LogP contribution in [0.3, 0.4) is 0 Å². The number of fused-ring (bicyclic) bond motifs is 1. The molecule has 0 radical (unpaired) electrons. The van der Waals surface area contributed by atoms with Crippen molar-refractivity contribution < 1.29 is 0 Å². The lowest BCUT2D eigenvalue weighted by molar-refractivity contribution is 0.897. The zero-order valence-electron chi connectivity index (χ0n) is 8.84. The first kappa shape index (κ1) is 10.3. The Bertz CT molecular complexity index is 673.